The van der Waals surface area contributed by atoms with Crippen LogP contribution in [0, 0.1) is 13.8 Å². The Labute approximate surface area is 126 Å². The Morgan fingerprint density at radius 1 is 1.10 bits per heavy atom. The van der Waals surface area contributed by atoms with Crippen LogP contribution in [0.4, 0.5) is 0 Å². The monoisotopic (exact) mass is 282 g/mol. The summed E-state index contributed by atoms with van der Waals surface area (Å²) in [4.78, 5) is 4.46. The number of hydrogen-bond donors (Lipinski definition) is 1. The summed E-state index contributed by atoms with van der Waals surface area (Å²) in [5, 5.41) is 0. The lowest BCUT2D eigenvalue weighted by atomic mass is 9.92. The van der Waals surface area contributed by atoms with Gasteiger partial charge in [0.05, 0.1) is 0 Å². The van der Waals surface area contributed by atoms with Crippen molar-refractivity contribution in [2.75, 3.05) is 0 Å². The van der Waals surface area contributed by atoms with Gasteiger partial charge in [0.15, 0.2) is 0 Å². The number of aromatic nitrogens is 1. The van der Waals surface area contributed by atoms with Crippen molar-refractivity contribution in [3.8, 4) is 11.5 Å². The van der Waals surface area contributed by atoms with Crippen molar-refractivity contribution in [1.29, 1.82) is 0 Å². The van der Waals surface area contributed by atoms with Gasteiger partial charge in [-0.25, -0.2) is 0 Å². The first kappa shape index (κ1) is 14.1. The summed E-state index contributed by atoms with van der Waals surface area (Å²) in [5.41, 5.74) is 11.6. The fourth-order valence-electron chi connectivity index (χ4n) is 3.06. The number of nitrogens with zero attached hydrogens (tertiary/aromatic N) is 1. The van der Waals surface area contributed by atoms with Crippen LogP contribution in [0.15, 0.2) is 24.3 Å². The smallest absolute Gasteiger partial charge is 0.135 e. The number of hydrogen-bond acceptors (Lipinski definition) is 3. The second-order valence-corrected chi connectivity index (χ2v) is 5.77. The molecule has 0 amide bonds. The SMILES string of the molecule is Cc1cc(Oc2ccc3c(c2)CCCC3)c(CN)c(C)n1. The molecule has 1 aliphatic carbocycles. The van der Waals surface area contributed by atoms with Gasteiger partial charge >= 0.3 is 0 Å². The number of aryl methyl sites for hydroxylation is 4. The zero-order chi connectivity index (χ0) is 14.8. The summed E-state index contributed by atoms with van der Waals surface area (Å²) in [7, 11) is 0. The van der Waals surface area contributed by atoms with E-state index in [4.69, 9.17) is 10.5 Å². The molecule has 21 heavy (non-hydrogen) atoms. The minimum Gasteiger partial charge on any atom is -0.457 e. The maximum Gasteiger partial charge on any atom is 0.135 e. The highest BCUT2D eigenvalue weighted by Crippen LogP contribution is 2.31. The van der Waals surface area contributed by atoms with E-state index in [2.05, 4.69) is 23.2 Å². The maximum absolute atomic E-state index is 6.11. The van der Waals surface area contributed by atoms with E-state index in [1.54, 1.807) is 0 Å². The molecule has 0 aliphatic heterocycles. The molecule has 0 unspecified atom stereocenters. The zero-order valence-electron chi connectivity index (χ0n) is 12.8. The Morgan fingerprint density at radius 2 is 1.86 bits per heavy atom. The maximum atomic E-state index is 6.11. The quantitative estimate of drug-likeness (QED) is 0.930. The molecular formula is C18H22N2O. The number of nitrogens with two attached hydrogens (primary N) is 1. The summed E-state index contributed by atoms with van der Waals surface area (Å²) in [6.07, 6.45) is 4.92. The van der Waals surface area contributed by atoms with Crippen LogP contribution < -0.4 is 10.5 Å². The second-order valence-electron chi connectivity index (χ2n) is 5.77. The average Bonchev–Trinajstić information content (AvgIpc) is 2.47. The van der Waals surface area contributed by atoms with E-state index >= 15 is 0 Å². The van der Waals surface area contributed by atoms with Crippen LogP contribution in [-0.4, -0.2) is 4.98 Å². The van der Waals surface area contributed by atoms with Gasteiger partial charge in [0.2, 0.25) is 0 Å². The van der Waals surface area contributed by atoms with Crippen molar-refractivity contribution < 1.29 is 4.74 Å². The van der Waals surface area contributed by atoms with E-state index in [-0.39, 0.29) is 0 Å². The van der Waals surface area contributed by atoms with Gasteiger partial charge in [-0.15, -0.1) is 0 Å². The molecule has 3 heteroatoms. The average molecular weight is 282 g/mol. The van der Waals surface area contributed by atoms with Crippen LogP contribution in [0.3, 0.4) is 0 Å². The third-order valence-electron chi connectivity index (χ3n) is 4.17. The molecule has 2 N–H and O–H groups in total. The van der Waals surface area contributed by atoms with Gasteiger partial charge in [-0.05, 0) is 62.8 Å². The summed E-state index contributed by atoms with van der Waals surface area (Å²) >= 11 is 0. The van der Waals surface area contributed by atoms with Gasteiger partial charge in [-0.2, -0.15) is 0 Å². The van der Waals surface area contributed by atoms with Crippen molar-refractivity contribution >= 4 is 0 Å². The minimum absolute atomic E-state index is 0.444. The first-order valence-corrected chi connectivity index (χ1v) is 7.64. The molecule has 0 saturated heterocycles. The Bertz CT molecular complexity index is 665. The fourth-order valence-corrected chi connectivity index (χ4v) is 3.06. The molecule has 0 saturated carbocycles. The largest absolute Gasteiger partial charge is 0.457 e. The van der Waals surface area contributed by atoms with Crippen LogP contribution in [-0.2, 0) is 19.4 Å². The highest BCUT2D eigenvalue weighted by atomic mass is 16.5. The van der Waals surface area contributed by atoms with E-state index in [0.29, 0.717) is 6.54 Å². The molecule has 0 bridgehead atoms. The summed E-state index contributed by atoms with van der Waals surface area (Å²) in [6.45, 7) is 4.40. The van der Waals surface area contributed by atoms with Crippen LogP contribution >= 0.6 is 0 Å². The molecular weight excluding hydrogens is 260 g/mol. The third-order valence-corrected chi connectivity index (χ3v) is 4.17. The lowest BCUT2D eigenvalue weighted by Gasteiger charge is -2.18. The molecule has 3 nitrogen and oxygen atoms in total. The van der Waals surface area contributed by atoms with E-state index in [0.717, 1.165) is 34.9 Å². The Hall–Kier alpha value is -1.87. The summed E-state index contributed by atoms with van der Waals surface area (Å²) in [6, 6.07) is 8.41. The van der Waals surface area contributed by atoms with Gasteiger partial charge in [0, 0.05) is 29.6 Å². The number of benzene rings is 1. The predicted octanol–water partition coefficient (Wildman–Crippen LogP) is 3.83. The Morgan fingerprint density at radius 3 is 2.62 bits per heavy atom. The molecule has 110 valence electrons. The third kappa shape index (κ3) is 2.93. The first-order valence-electron chi connectivity index (χ1n) is 7.64. The van der Waals surface area contributed by atoms with Crippen molar-refractivity contribution in [1.82, 2.24) is 4.98 Å². The minimum atomic E-state index is 0.444. The molecule has 0 spiro atoms. The van der Waals surface area contributed by atoms with E-state index in [1.165, 1.54) is 30.4 Å². The van der Waals surface area contributed by atoms with Crippen LogP contribution in [0.2, 0.25) is 0 Å². The van der Waals surface area contributed by atoms with Gasteiger partial charge in [0.1, 0.15) is 11.5 Å². The van der Waals surface area contributed by atoms with E-state index < -0.39 is 0 Å². The number of pyridine rings is 1. The normalized spacial score (nSPS) is 13.9. The lowest BCUT2D eigenvalue weighted by Crippen LogP contribution is -2.06. The first-order chi connectivity index (χ1) is 10.2. The van der Waals surface area contributed by atoms with Crippen molar-refractivity contribution in [3.05, 3.63) is 52.3 Å². The molecule has 0 atom stereocenters. The topological polar surface area (TPSA) is 48.1 Å². The molecule has 0 fully saturated rings. The second kappa shape index (κ2) is 5.86. The summed E-state index contributed by atoms with van der Waals surface area (Å²) in [5.74, 6) is 1.73. The molecule has 1 aliphatic rings. The standard InChI is InChI=1S/C18H22N2O/c1-12-9-18(17(11-19)13(2)20-12)21-16-8-7-14-5-3-4-6-15(14)10-16/h7-10H,3-6,11,19H2,1-2H3. The van der Waals surface area contributed by atoms with Gasteiger partial charge in [-0.3, -0.25) is 4.98 Å². The lowest BCUT2D eigenvalue weighted by molar-refractivity contribution is 0.472. The van der Waals surface area contributed by atoms with Gasteiger partial charge in [0.25, 0.3) is 0 Å². The molecule has 2 aromatic rings. The Kier molecular flexibility index (Phi) is 3.93. The van der Waals surface area contributed by atoms with Crippen LogP contribution in [0.5, 0.6) is 11.5 Å². The van der Waals surface area contributed by atoms with E-state index in [9.17, 15) is 0 Å². The number of fused-ring (bicyclic) bond motifs is 1. The fraction of sp³-hybridized carbons (Fsp3) is 0.389. The molecule has 1 heterocycles. The van der Waals surface area contributed by atoms with Crippen LogP contribution in [0.25, 0.3) is 0 Å². The van der Waals surface area contributed by atoms with Crippen LogP contribution in [0.1, 0.15) is 40.9 Å². The number of ether oxygens (including phenoxy) is 1. The van der Waals surface area contributed by atoms with E-state index in [1.807, 2.05) is 19.9 Å². The molecule has 3 rings (SSSR count). The molecule has 0 radical (unpaired) electrons. The zero-order valence-corrected chi connectivity index (χ0v) is 12.8. The van der Waals surface area contributed by atoms with Gasteiger partial charge in [-0.1, -0.05) is 6.07 Å². The number of rotatable bonds is 3. The van der Waals surface area contributed by atoms with Gasteiger partial charge < -0.3 is 10.5 Å². The van der Waals surface area contributed by atoms with Crippen molar-refractivity contribution in [2.45, 2.75) is 46.1 Å². The molecule has 1 aromatic carbocycles. The van der Waals surface area contributed by atoms with Crippen molar-refractivity contribution in [2.24, 2.45) is 5.73 Å². The predicted molar refractivity (Wildman–Crippen MR) is 84.8 cm³/mol. The highest BCUT2D eigenvalue weighted by Gasteiger charge is 2.13. The summed E-state index contributed by atoms with van der Waals surface area (Å²) < 4.78 is 6.11. The van der Waals surface area contributed by atoms with Crippen molar-refractivity contribution in [3.63, 3.8) is 0 Å². The highest BCUT2D eigenvalue weighted by molar-refractivity contribution is 5.43. The molecule has 1 aromatic heterocycles. The Balaban J connectivity index is 1.93.